The van der Waals surface area contributed by atoms with Crippen LogP contribution in [0, 0.1) is 23.0 Å². The normalized spacial score (nSPS) is 19.5. The lowest BCUT2D eigenvalue weighted by molar-refractivity contribution is 0.111. The highest BCUT2D eigenvalue weighted by atomic mass is 32.1. The molecule has 3 aromatic heterocycles. The zero-order chi connectivity index (χ0) is 25.8. The van der Waals surface area contributed by atoms with E-state index in [-0.39, 0.29) is 68.8 Å². The molecule has 6 rings (SSSR count). The molecule has 1 saturated heterocycles. The molecule has 12 heteroatoms. The first-order valence-electron chi connectivity index (χ1n) is 11.6. The highest BCUT2D eigenvalue weighted by molar-refractivity contribution is 7.23. The summed E-state index contributed by atoms with van der Waals surface area (Å²) >= 11 is 0.933. The third-order valence-corrected chi connectivity index (χ3v) is 8.14. The number of halogens is 2. The smallest absolute Gasteiger partial charge is 0.317 e. The van der Waals surface area contributed by atoms with Gasteiger partial charge in [0.15, 0.2) is 11.6 Å². The van der Waals surface area contributed by atoms with Crippen molar-refractivity contribution in [2.24, 2.45) is 0 Å². The van der Waals surface area contributed by atoms with Gasteiger partial charge in [0.2, 0.25) is 0 Å². The van der Waals surface area contributed by atoms with Crippen LogP contribution in [0.5, 0.6) is 6.01 Å². The third-order valence-electron chi connectivity index (χ3n) is 7.11. The highest BCUT2D eigenvalue weighted by Gasteiger charge is 2.32. The Morgan fingerprint density at radius 3 is 2.84 bits per heavy atom. The number of benzene rings is 1. The third kappa shape index (κ3) is 3.77. The van der Waals surface area contributed by atoms with Crippen LogP contribution >= 0.6 is 11.3 Å². The van der Waals surface area contributed by atoms with E-state index in [9.17, 15) is 9.65 Å². The summed E-state index contributed by atoms with van der Waals surface area (Å²) in [4.78, 5) is 15.1. The lowest BCUT2D eigenvalue weighted by Crippen LogP contribution is -2.31. The number of thiophene rings is 1. The number of nitrogen functional groups attached to an aromatic ring is 1. The van der Waals surface area contributed by atoms with Gasteiger partial charge in [0.05, 0.1) is 41.5 Å². The number of rotatable bonds is 5. The molecule has 2 atom stereocenters. The molecule has 4 aromatic rings. The second-order valence-corrected chi connectivity index (χ2v) is 10.2. The summed E-state index contributed by atoms with van der Waals surface area (Å²) in [5.74, 6) is -1.30. The van der Waals surface area contributed by atoms with E-state index in [1.165, 1.54) is 6.20 Å². The maximum atomic E-state index is 16.3. The number of fused-ring (bicyclic) bond motifs is 4. The number of anilines is 1. The molecule has 0 bridgehead atoms. The van der Waals surface area contributed by atoms with E-state index in [1.807, 2.05) is 13.1 Å². The Hall–Kier alpha value is -3.50. The van der Waals surface area contributed by atoms with Crippen molar-refractivity contribution in [2.45, 2.75) is 31.8 Å². The Kier molecular flexibility index (Phi) is 5.88. The van der Waals surface area contributed by atoms with Gasteiger partial charge in [-0.2, -0.15) is 10.2 Å². The van der Waals surface area contributed by atoms with Crippen molar-refractivity contribution in [1.29, 1.82) is 5.26 Å². The number of nitrogens with two attached hydrogens (primary N) is 1. The summed E-state index contributed by atoms with van der Waals surface area (Å²) in [5.41, 5.74) is 7.62. The Morgan fingerprint density at radius 2 is 2.08 bits per heavy atom. The second-order valence-electron chi connectivity index (χ2n) is 9.16. The molecule has 0 amide bonds. The minimum absolute atomic E-state index is 0.0415. The van der Waals surface area contributed by atoms with E-state index in [0.717, 1.165) is 36.1 Å². The summed E-state index contributed by atoms with van der Waals surface area (Å²) in [6, 6.07) is 2.17. The van der Waals surface area contributed by atoms with Crippen molar-refractivity contribution in [3.8, 4) is 23.3 Å². The molecule has 2 aliphatic heterocycles. The fraction of sp³-hybridized carbons (Fsp3) is 0.360. The van der Waals surface area contributed by atoms with Gasteiger partial charge in [-0.1, -0.05) is 0 Å². The molecular formula is C25H22F2N6O3S. The first kappa shape index (κ1) is 23.9. The Balaban J connectivity index is 1.48. The minimum atomic E-state index is -0.669. The van der Waals surface area contributed by atoms with Crippen molar-refractivity contribution < 1.29 is 23.0 Å². The van der Waals surface area contributed by atoms with Crippen LogP contribution in [0.2, 0.25) is 0 Å². The molecule has 2 aliphatic rings. The molecule has 0 saturated carbocycles. The van der Waals surface area contributed by atoms with Gasteiger partial charge in [-0.3, -0.25) is 9.88 Å². The number of ether oxygens (including phenoxy) is 3. The molecule has 5 heterocycles. The van der Waals surface area contributed by atoms with Gasteiger partial charge in [0.25, 0.3) is 0 Å². The van der Waals surface area contributed by atoms with Crippen LogP contribution in [0.15, 0.2) is 12.4 Å². The lowest BCUT2D eigenvalue weighted by atomic mass is 9.94. The van der Waals surface area contributed by atoms with Crippen LogP contribution in [-0.2, 0) is 22.7 Å². The molecule has 1 fully saturated rings. The van der Waals surface area contributed by atoms with Crippen LogP contribution in [0.4, 0.5) is 13.8 Å². The Morgan fingerprint density at radius 1 is 1.27 bits per heavy atom. The molecular weight excluding hydrogens is 502 g/mol. The summed E-state index contributed by atoms with van der Waals surface area (Å²) in [5, 5.41) is 10.5. The number of pyridine rings is 1. The van der Waals surface area contributed by atoms with E-state index in [0.29, 0.717) is 17.6 Å². The maximum absolute atomic E-state index is 16.3. The quantitative estimate of drug-likeness (QED) is 0.416. The highest BCUT2D eigenvalue weighted by Crippen LogP contribution is 2.45. The zero-order valence-corrected chi connectivity index (χ0v) is 20.9. The first-order valence-corrected chi connectivity index (χ1v) is 12.4. The number of hydrogen-bond donors (Lipinski definition) is 1. The zero-order valence-electron chi connectivity index (χ0n) is 20.0. The number of nitriles is 1. The standard InChI is InChI=1S/C25H22F2N6O3S/c1-33-7-12(34-2)3-11(33)8-36-25-31-5-14-15-9-35-10-16(15)18(20(27)21(14)32-25)22-19-13(4-28)24(29)37-23(19)17(26)6-30-22/h5-6,11-12H,3,7-10,29H2,1-2H3/t11-,12-/m0/s1. The second kappa shape index (κ2) is 9.11. The van der Waals surface area contributed by atoms with E-state index < -0.39 is 11.6 Å². The number of aromatic nitrogens is 3. The van der Waals surface area contributed by atoms with E-state index >= 15 is 4.39 Å². The van der Waals surface area contributed by atoms with Gasteiger partial charge >= 0.3 is 6.01 Å². The first-order chi connectivity index (χ1) is 17.9. The lowest BCUT2D eigenvalue weighted by Gasteiger charge is -2.18. The van der Waals surface area contributed by atoms with Crippen molar-refractivity contribution in [3.05, 3.63) is 40.7 Å². The van der Waals surface area contributed by atoms with Crippen LogP contribution < -0.4 is 10.5 Å². The number of methoxy groups -OCH3 is 1. The van der Waals surface area contributed by atoms with Gasteiger partial charge in [0, 0.05) is 42.2 Å². The number of hydrogen-bond acceptors (Lipinski definition) is 10. The largest absolute Gasteiger partial charge is 0.462 e. The van der Waals surface area contributed by atoms with Crippen molar-refractivity contribution in [2.75, 3.05) is 33.0 Å². The van der Waals surface area contributed by atoms with E-state index in [4.69, 9.17) is 19.9 Å². The predicted octanol–water partition coefficient (Wildman–Crippen LogP) is 3.77. The topological polar surface area (TPSA) is 119 Å². The van der Waals surface area contributed by atoms with Crippen molar-refractivity contribution >= 4 is 37.3 Å². The molecule has 1 aromatic carbocycles. The summed E-state index contributed by atoms with van der Waals surface area (Å²) in [6.07, 6.45) is 3.48. The molecule has 0 radical (unpaired) electrons. The fourth-order valence-electron chi connectivity index (χ4n) is 5.17. The number of nitrogens with zero attached hydrogens (tertiary/aromatic N) is 5. The van der Waals surface area contributed by atoms with Crippen LogP contribution in [0.1, 0.15) is 23.1 Å². The van der Waals surface area contributed by atoms with Crippen LogP contribution in [0.25, 0.3) is 32.2 Å². The molecule has 0 spiro atoms. The summed E-state index contributed by atoms with van der Waals surface area (Å²) in [7, 11) is 3.68. The van der Waals surface area contributed by atoms with Crippen molar-refractivity contribution in [1.82, 2.24) is 19.9 Å². The SMILES string of the molecule is CO[C@H]1C[C@@H](COc2ncc3c4c(c(-c5ncc(F)c6sc(N)c(C#N)c56)c(F)c3n2)COC4)N(C)C1. The maximum Gasteiger partial charge on any atom is 0.317 e. The summed E-state index contributed by atoms with van der Waals surface area (Å²) in [6.45, 7) is 1.48. The average Bonchev–Trinajstić information content (AvgIpc) is 3.61. The molecule has 2 N–H and O–H groups in total. The molecule has 9 nitrogen and oxygen atoms in total. The monoisotopic (exact) mass is 524 g/mol. The Labute approximate surface area is 214 Å². The predicted molar refractivity (Wildman–Crippen MR) is 133 cm³/mol. The van der Waals surface area contributed by atoms with Crippen LogP contribution in [-0.4, -0.2) is 59.3 Å². The van der Waals surface area contributed by atoms with Gasteiger partial charge in [-0.05, 0) is 24.6 Å². The fourth-order valence-corrected chi connectivity index (χ4v) is 6.09. The Bertz CT molecular complexity index is 1600. The minimum Gasteiger partial charge on any atom is -0.462 e. The van der Waals surface area contributed by atoms with Gasteiger partial charge < -0.3 is 19.9 Å². The van der Waals surface area contributed by atoms with E-state index in [2.05, 4.69) is 19.9 Å². The van der Waals surface area contributed by atoms with Crippen LogP contribution in [0.3, 0.4) is 0 Å². The summed E-state index contributed by atoms with van der Waals surface area (Å²) < 4.78 is 48.0. The van der Waals surface area contributed by atoms with Gasteiger partial charge in [0.1, 0.15) is 23.2 Å². The molecule has 37 heavy (non-hydrogen) atoms. The molecule has 0 unspecified atom stereocenters. The van der Waals surface area contributed by atoms with Gasteiger partial charge in [-0.15, -0.1) is 11.3 Å². The van der Waals surface area contributed by atoms with Gasteiger partial charge in [-0.25, -0.2) is 13.8 Å². The van der Waals surface area contributed by atoms with Crippen molar-refractivity contribution in [3.63, 3.8) is 0 Å². The number of likely N-dealkylation sites (N-methyl/N-ethyl adjacent to an activating group) is 1. The van der Waals surface area contributed by atoms with E-state index in [1.54, 1.807) is 7.11 Å². The molecule has 0 aliphatic carbocycles. The number of likely N-dealkylation sites (tertiary alicyclic amines) is 1. The average molecular weight is 525 g/mol. The molecule has 190 valence electrons.